The highest BCUT2D eigenvalue weighted by Gasteiger charge is 2.16. The summed E-state index contributed by atoms with van der Waals surface area (Å²) >= 11 is 0. The molecule has 0 saturated carbocycles. The summed E-state index contributed by atoms with van der Waals surface area (Å²) in [6, 6.07) is 15.0. The van der Waals surface area contributed by atoms with E-state index in [1.54, 1.807) is 46.9 Å². The van der Waals surface area contributed by atoms with Crippen molar-refractivity contribution in [2.24, 2.45) is 0 Å². The second-order valence-electron chi connectivity index (χ2n) is 7.94. The van der Waals surface area contributed by atoms with Crippen molar-refractivity contribution in [1.82, 2.24) is 10.6 Å². The molecule has 0 aliphatic heterocycles. The predicted octanol–water partition coefficient (Wildman–Crippen LogP) is 5.01. The molecule has 2 rings (SSSR count). The minimum absolute atomic E-state index is 0.197. The van der Waals surface area contributed by atoms with Crippen LogP contribution in [0.4, 0.5) is 9.59 Å². The average Bonchev–Trinajstić information content (AvgIpc) is 2.70. The lowest BCUT2D eigenvalue weighted by atomic mass is 10.1. The Bertz CT molecular complexity index is 917. The third-order valence-corrected chi connectivity index (χ3v) is 4.02. The highest BCUT2D eigenvalue weighted by Crippen LogP contribution is 2.21. The summed E-state index contributed by atoms with van der Waals surface area (Å²) in [5, 5.41) is 5.43. The maximum absolute atomic E-state index is 12.0. The van der Waals surface area contributed by atoms with Crippen molar-refractivity contribution < 1.29 is 23.8 Å². The molecule has 0 aromatic heterocycles. The molecule has 0 atom stereocenters. The van der Waals surface area contributed by atoms with Crippen LogP contribution in [-0.4, -0.2) is 24.9 Å². The Morgan fingerprint density at radius 3 is 2.39 bits per heavy atom. The molecule has 0 radical (unpaired) electrons. The third kappa shape index (κ3) is 8.82. The van der Waals surface area contributed by atoms with E-state index < -0.39 is 17.8 Å². The van der Waals surface area contributed by atoms with Crippen molar-refractivity contribution in [2.45, 2.75) is 46.4 Å². The van der Waals surface area contributed by atoms with Crippen LogP contribution in [0.2, 0.25) is 0 Å². The molecule has 0 saturated heterocycles. The normalized spacial score (nSPS) is 11.5. The number of hydrogen-bond donors (Lipinski definition) is 2. The molecule has 31 heavy (non-hydrogen) atoms. The number of carbonyl (C=O) groups excluding carboxylic acids is 2. The Balaban J connectivity index is 1.98. The zero-order valence-electron chi connectivity index (χ0n) is 18.7. The molecule has 0 bridgehead atoms. The molecule has 2 amide bonds. The van der Waals surface area contributed by atoms with Crippen LogP contribution in [0, 0.1) is 0 Å². The van der Waals surface area contributed by atoms with Crippen molar-refractivity contribution in [2.75, 3.05) is 7.11 Å². The zero-order chi connectivity index (χ0) is 22.9. The van der Waals surface area contributed by atoms with E-state index >= 15 is 0 Å². The summed E-state index contributed by atoms with van der Waals surface area (Å²) in [5.41, 5.74) is 2.58. The van der Waals surface area contributed by atoms with Gasteiger partial charge >= 0.3 is 12.2 Å². The topological polar surface area (TPSA) is 85.9 Å². The van der Waals surface area contributed by atoms with Gasteiger partial charge in [-0.2, -0.15) is 0 Å². The maximum Gasteiger partial charge on any atom is 0.411 e. The zero-order valence-corrected chi connectivity index (χ0v) is 18.7. The number of allylic oxidation sites excluding steroid dienone is 1. The molecule has 7 heteroatoms. The molecule has 0 aliphatic carbocycles. The van der Waals surface area contributed by atoms with E-state index in [0.717, 1.165) is 16.7 Å². The lowest BCUT2D eigenvalue weighted by Crippen LogP contribution is -2.32. The first-order chi connectivity index (χ1) is 14.7. The van der Waals surface area contributed by atoms with Gasteiger partial charge in [-0.05, 0) is 57.0 Å². The van der Waals surface area contributed by atoms with Crippen LogP contribution < -0.4 is 15.4 Å². The van der Waals surface area contributed by atoms with Crippen molar-refractivity contribution in [3.8, 4) is 5.75 Å². The van der Waals surface area contributed by atoms with Gasteiger partial charge in [-0.25, -0.2) is 9.59 Å². The Kier molecular flexibility index (Phi) is 8.49. The van der Waals surface area contributed by atoms with Crippen LogP contribution >= 0.6 is 0 Å². The van der Waals surface area contributed by atoms with Gasteiger partial charge in [-0.1, -0.05) is 36.4 Å². The number of hydrogen-bond acceptors (Lipinski definition) is 5. The van der Waals surface area contributed by atoms with E-state index in [9.17, 15) is 9.59 Å². The molecule has 2 aromatic carbocycles. The van der Waals surface area contributed by atoms with Crippen molar-refractivity contribution in [3.05, 3.63) is 70.9 Å². The molecule has 2 aromatic rings. The van der Waals surface area contributed by atoms with Gasteiger partial charge in [0, 0.05) is 17.8 Å². The molecule has 166 valence electrons. The number of nitrogens with one attached hydrogen (secondary N) is 2. The number of rotatable bonds is 7. The fourth-order valence-corrected chi connectivity index (χ4v) is 2.71. The monoisotopic (exact) mass is 426 g/mol. The van der Waals surface area contributed by atoms with Crippen molar-refractivity contribution in [1.29, 1.82) is 0 Å². The summed E-state index contributed by atoms with van der Waals surface area (Å²) < 4.78 is 15.9. The minimum Gasteiger partial charge on any atom is -0.496 e. The van der Waals surface area contributed by atoms with Crippen LogP contribution in [0.1, 0.15) is 44.4 Å². The van der Waals surface area contributed by atoms with Gasteiger partial charge in [0.2, 0.25) is 0 Å². The molecule has 0 fully saturated rings. The lowest BCUT2D eigenvalue weighted by Gasteiger charge is -2.20. The van der Waals surface area contributed by atoms with Gasteiger partial charge in [-0.15, -0.1) is 0 Å². The second kappa shape index (κ2) is 11.1. The fraction of sp³-hybridized carbons (Fsp3) is 0.333. The van der Waals surface area contributed by atoms with Crippen LogP contribution in [0.3, 0.4) is 0 Å². The summed E-state index contributed by atoms with van der Waals surface area (Å²) in [5.74, 6) is 0.640. The fourth-order valence-electron chi connectivity index (χ4n) is 2.71. The molecule has 0 unspecified atom stereocenters. The average molecular weight is 427 g/mol. The Morgan fingerprint density at radius 2 is 1.74 bits per heavy atom. The Labute approximate surface area is 183 Å². The minimum atomic E-state index is -0.573. The van der Waals surface area contributed by atoms with E-state index in [1.807, 2.05) is 42.5 Å². The van der Waals surface area contributed by atoms with E-state index in [1.165, 1.54) is 0 Å². The lowest BCUT2D eigenvalue weighted by molar-refractivity contribution is 0.0523. The quantitative estimate of drug-likeness (QED) is 0.650. The molecule has 0 aliphatic rings. The number of alkyl carbamates (subject to hydrolysis) is 2. The molecule has 0 heterocycles. The van der Waals surface area contributed by atoms with Gasteiger partial charge in [-0.3, -0.25) is 5.32 Å². The van der Waals surface area contributed by atoms with Crippen LogP contribution in [0.15, 0.2) is 54.2 Å². The van der Waals surface area contributed by atoms with Gasteiger partial charge in [0.25, 0.3) is 0 Å². The first-order valence-corrected chi connectivity index (χ1v) is 9.96. The van der Waals surface area contributed by atoms with Gasteiger partial charge < -0.3 is 19.5 Å². The highest BCUT2D eigenvalue weighted by molar-refractivity contribution is 5.72. The highest BCUT2D eigenvalue weighted by atomic mass is 16.6. The predicted molar refractivity (Wildman–Crippen MR) is 119 cm³/mol. The van der Waals surface area contributed by atoms with Crippen LogP contribution in [-0.2, 0) is 22.6 Å². The first-order valence-electron chi connectivity index (χ1n) is 9.96. The van der Waals surface area contributed by atoms with E-state index in [-0.39, 0.29) is 13.2 Å². The SMILES string of the molecule is COc1ccc(/C=C(\C)NC(=O)OCc2ccccc2)cc1CNC(=O)OC(C)(C)C. The number of methoxy groups -OCH3 is 1. The molecular weight excluding hydrogens is 396 g/mol. The summed E-state index contributed by atoms with van der Waals surface area (Å²) in [6.45, 7) is 7.62. The summed E-state index contributed by atoms with van der Waals surface area (Å²) in [7, 11) is 1.57. The van der Waals surface area contributed by atoms with E-state index in [0.29, 0.717) is 11.4 Å². The van der Waals surface area contributed by atoms with Crippen molar-refractivity contribution in [3.63, 3.8) is 0 Å². The summed E-state index contributed by atoms with van der Waals surface area (Å²) in [4.78, 5) is 24.0. The number of benzene rings is 2. The van der Waals surface area contributed by atoms with Crippen molar-refractivity contribution >= 4 is 18.3 Å². The molecule has 7 nitrogen and oxygen atoms in total. The van der Waals surface area contributed by atoms with E-state index in [2.05, 4.69) is 10.6 Å². The molecule has 0 spiro atoms. The van der Waals surface area contributed by atoms with Gasteiger partial charge in [0.1, 0.15) is 18.0 Å². The van der Waals surface area contributed by atoms with Gasteiger partial charge in [0.05, 0.1) is 7.11 Å². The van der Waals surface area contributed by atoms with Crippen LogP contribution in [0.5, 0.6) is 5.75 Å². The number of amides is 2. The molecule has 2 N–H and O–H groups in total. The largest absolute Gasteiger partial charge is 0.496 e. The van der Waals surface area contributed by atoms with E-state index in [4.69, 9.17) is 14.2 Å². The Hall–Kier alpha value is -3.48. The standard InChI is InChI=1S/C24H30N2O5/c1-17(26-23(28)30-16-18-9-7-6-8-10-18)13-19-11-12-21(29-5)20(14-19)15-25-22(27)31-24(2,3)4/h6-14H,15-16H2,1-5H3,(H,25,27)(H,26,28)/b17-13+. The second-order valence-corrected chi connectivity index (χ2v) is 7.94. The third-order valence-electron chi connectivity index (χ3n) is 4.02. The van der Waals surface area contributed by atoms with Gasteiger partial charge in [0.15, 0.2) is 0 Å². The van der Waals surface area contributed by atoms with Crippen LogP contribution in [0.25, 0.3) is 6.08 Å². The molecular formula is C24H30N2O5. The summed E-state index contributed by atoms with van der Waals surface area (Å²) in [6.07, 6.45) is 0.771. The first kappa shape index (κ1) is 23.8. The maximum atomic E-state index is 12.0. The smallest absolute Gasteiger partial charge is 0.411 e. The number of ether oxygens (including phenoxy) is 3. The Morgan fingerprint density at radius 1 is 1.03 bits per heavy atom. The number of carbonyl (C=O) groups is 2.